The number of fused-ring (bicyclic) bond motifs is 5. The minimum atomic E-state index is -0.0882. The van der Waals surface area contributed by atoms with Gasteiger partial charge in [0.1, 0.15) is 0 Å². The molecule has 0 aromatic heterocycles. The zero-order chi connectivity index (χ0) is 32.2. The number of rotatable bonds is 5. The second-order valence-electron chi connectivity index (χ2n) is 13.4. The largest absolute Gasteiger partial charge is 0.310 e. The summed E-state index contributed by atoms with van der Waals surface area (Å²) in [5, 5.41) is 4.97. The van der Waals surface area contributed by atoms with Gasteiger partial charge in [0.15, 0.2) is 0 Å². The summed E-state index contributed by atoms with van der Waals surface area (Å²) in [6, 6.07) is 64.5. The van der Waals surface area contributed by atoms with Crippen molar-refractivity contribution in [3.8, 4) is 33.4 Å². The van der Waals surface area contributed by atoms with Crippen LogP contribution in [0, 0.1) is 0 Å². The van der Waals surface area contributed by atoms with Gasteiger partial charge in [0, 0.05) is 22.4 Å². The van der Waals surface area contributed by atoms with Crippen LogP contribution in [0.5, 0.6) is 0 Å². The highest BCUT2D eigenvalue weighted by Crippen LogP contribution is 2.51. The summed E-state index contributed by atoms with van der Waals surface area (Å²) in [5.74, 6) is 0. The van der Waals surface area contributed by atoms with Crippen LogP contribution in [-0.4, -0.2) is 0 Å². The Morgan fingerprint density at radius 1 is 0.354 bits per heavy atom. The van der Waals surface area contributed by atoms with E-state index in [1.54, 1.807) is 0 Å². The van der Waals surface area contributed by atoms with E-state index in [0.717, 1.165) is 17.1 Å². The zero-order valence-corrected chi connectivity index (χ0v) is 27.2. The number of nitrogens with zero attached hydrogens (tertiary/aromatic N) is 1. The smallest absolute Gasteiger partial charge is 0.0540 e. The molecule has 1 aliphatic carbocycles. The fraction of sp³-hybridized carbons (Fsp3) is 0.0638. The second kappa shape index (κ2) is 11.1. The monoisotopic (exact) mass is 613 g/mol. The summed E-state index contributed by atoms with van der Waals surface area (Å²) in [6.07, 6.45) is 0. The molecule has 0 aliphatic heterocycles. The second-order valence-corrected chi connectivity index (χ2v) is 13.4. The fourth-order valence-corrected chi connectivity index (χ4v) is 7.71. The van der Waals surface area contributed by atoms with E-state index in [1.807, 2.05) is 0 Å². The van der Waals surface area contributed by atoms with Gasteiger partial charge in [0.25, 0.3) is 0 Å². The average molecular weight is 614 g/mol. The van der Waals surface area contributed by atoms with Gasteiger partial charge in [-0.2, -0.15) is 0 Å². The molecule has 0 radical (unpaired) electrons. The molecule has 8 aromatic rings. The van der Waals surface area contributed by atoms with Gasteiger partial charge in [-0.25, -0.2) is 0 Å². The SMILES string of the molecule is CC1(C)c2ccccc2-c2ccc(N(c3ccc4cc(-c5ccc6ccccc6c5)ccc4c3)c3ccccc3-c3ccccc3)cc21. The molecule has 9 rings (SSSR count). The average Bonchev–Trinajstić information content (AvgIpc) is 3.37. The molecule has 48 heavy (non-hydrogen) atoms. The molecule has 0 unspecified atom stereocenters. The molecular weight excluding hydrogens is 579 g/mol. The lowest BCUT2D eigenvalue weighted by Crippen LogP contribution is -2.16. The standard InChI is InChI=1S/C47H35N/c1-47(2)44-18-10-8-17-42(44)43-27-26-40(31-45(43)47)48(46-19-11-9-16-41(46)33-13-4-3-5-14-33)39-25-24-37-29-36(22-23-38(37)30-39)35-21-20-32-12-6-7-15-34(32)28-35/h3-31H,1-2H3. The molecule has 228 valence electrons. The van der Waals surface area contributed by atoms with Crippen LogP contribution < -0.4 is 4.90 Å². The van der Waals surface area contributed by atoms with E-state index in [2.05, 4.69) is 195 Å². The number of para-hydroxylation sites is 1. The van der Waals surface area contributed by atoms with Crippen molar-refractivity contribution in [2.75, 3.05) is 4.90 Å². The van der Waals surface area contributed by atoms with Gasteiger partial charge in [-0.1, -0.05) is 147 Å². The van der Waals surface area contributed by atoms with Crippen molar-refractivity contribution in [1.29, 1.82) is 0 Å². The zero-order valence-electron chi connectivity index (χ0n) is 27.2. The molecule has 0 N–H and O–H groups in total. The van der Waals surface area contributed by atoms with E-state index in [0.29, 0.717) is 0 Å². The number of anilines is 3. The van der Waals surface area contributed by atoms with Gasteiger partial charge in [0.05, 0.1) is 5.69 Å². The van der Waals surface area contributed by atoms with Crippen molar-refractivity contribution in [3.05, 3.63) is 187 Å². The molecule has 0 saturated heterocycles. The van der Waals surface area contributed by atoms with Crippen molar-refractivity contribution < 1.29 is 0 Å². The van der Waals surface area contributed by atoms with Crippen molar-refractivity contribution >= 4 is 38.6 Å². The van der Waals surface area contributed by atoms with Crippen molar-refractivity contribution in [1.82, 2.24) is 0 Å². The maximum Gasteiger partial charge on any atom is 0.0540 e. The van der Waals surface area contributed by atoms with Crippen LogP contribution >= 0.6 is 0 Å². The highest BCUT2D eigenvalue weighted by molar-refractivity contribution is 5.96. The third-order valence-corrected chi connectivity index (χ3v) is 10.2. The Hall–Kier alpha value is -5.92. The molecule has 0 spiro atoms. The van der Waals surface area contributed by atoms with E-state index in [4.69, 9.17) is 0 Å². The minimum Gasteiger partial charge on any atom is -0.310 e. The van der Waals surface area contributed by atoms with Crippen LogP contribution in [0.2, 0.25) is 0 Å². The molecule has 0 bridgehead atoms. The number of hydrogen-bond acceptors (Lipinski definition) is 1. The van der Waals surface area contributed by atoms with E-state index in [9.17, 15) is 0 Å². The predicted molar refractivity (Wildman–Crippen MR) is 205 cm³/mol. The van der Waals surface area contributed by atoms with Crippen LogP contribution in [0.4, 0.5) is 17.1 Å². The molecule has 0 fully saturated rings. The molecule has 0 amide bonds. The maximum atomic E-state index is 2.44. The summed E-state index contributed by atoms with van der Waals surface area (Å²) in [4.78, 5) is 2.44. The van der Waals surface area contributed by atoms with Gasteiger partial charge >= 0.3 is 0 Å². The van der Waals surface area contributed by atoms with Crippen LogP contribution in [0.3, 0.4) is 0 Å². The topological polar surface area (TPSA) is 3.24 Å². The summed E-state index contributed by atoms with van der Waals surface area (Å²) < 4.78 is 0. The Balaban J connectivity index is 1.20. The Morgan fingerprint density at radius 2 is 0.896 bits per heavy atom. The first-order valence-electron chi connectivity index (χ1n) is 16.8. The van der Waals surface area contributed by atoms with E-state index in [-0.39, 0.29) is 5.41 Å². The molecule has 1 heteroatoms. The first-order chi connectivity index (χ1) is 23.5. The molecule has 8 aromatic carbocycles. The molecule has 0 heterocycles. The highest BCUT2D eigenvalue weighted by Gasteiger charge is 2.35. The molecule has 1 aliphatic rings. The lowest BCUT2D eigenvalue weighted by atomic mass is 9.82. The van der Waals surface area contributed by atoms with Crippen molar-refractivity contribution in [3.63, 3.8) is 0 Å². The lowest BCUT2D eigenvalue weighted by Gasteiger charge is -2.30. The summed E-state index contributed by atoms with van der Waals surface area (Å²) in [5.41, 5.74) is 13.7. The van der Waals surface area contributed by atoms with Gasteiger partial charge < -0.3 is 4.90 Å². The minimum absolute atomic E-state index is 0.0882. The lowest BCUT2D eigenvalue weighted by molar-refractivity contribution is 0.660. The third-order valence-electron chi connectivity index (χ3n) is 10.2. The normalized spacial score (nSPS) is 13.0. The van der Waals surface area contributed by atoms with E-state index < -0.39 is 0 Å². The predicted octanol–water partition coefficient (Wildman–Crippen LogP) is 13.1. The first-order valence-corrected chi connectivity index (χ1v) is 16.8. The van der Waals surface area contributed by atoms with Crippen molar-refractivity contribution in [2.24, 2.45) is 0 Å². The van der Waals surface area contributed by atoms with E-state index >= 15 is 0 Å². The van der Waals surface area contributed by atoms with Gasteiger partial charge in [-0.3, -0.25) is 0 Å². The Kier molecular flexibility index (Phi) is 6.55. The highest BCUT2D eigenvalue weighted by atomic mass is 15.1. The Morgan fingerprint density at radius 3 is 1.71 bits per heavy atom. The van der Waals surface area contributed by atoms with Crippen LogP contribution in [-0.2, 0) is 5.41 Å². The molecule has 1 nitrogen and oxygen atoms in total. The summed E-state index contributed by atoms with van der Waals surface area (Å²) in [6.45, 7) is 4.71. The maximum absolute atomic E-state index is 2.44. The van der Waals surface area contributed by atoms with E-state index in [1.165, 1.54) is 66.1 Å². The first kappa shape index (κ1) is 28.3. The fourth-order valence-electron chi connectivity index (χ4n) is 7.71. The Bertz CT molecular complexity index is 2490. The quantitative estimate of drug-likeness (QED) is 0.187. The third kappa shape index (κ3) is 4.62. The molecule has 0 atom stereocenters. The van der Waals surface area contributed by atoms with Crippen molar-refractivity contribution in [2.45, 2.75) is 19.3 Å². The van der Waals surface area contributed by atoms with Crippen LogP contribution in [0.15, 0.2) is 176 Å². The molecular formula is C47H35N. The molecule has 0 saturated carbocycles. The summed E-state index contributed by atoms with van der Waals surface area (Å²) in [7, 11) is 0. The number of benzene rings is 8. The number of hydrogen-bond donors (Lipinski definition) is 0. The van der Waals surface area contributed by atoms with Crippen LogP contribution in [0.25, 0.3) is 54.9 Å². The van der Waals surface area contributed by atoms with Gasteiger partial charge in [-0.15, -0.1) is 0 Å². The Labute approximate surface area is 282 Å². The van der Waals surface area contributed by atoms with Gasteiger partial charge in [-0.05, 0) is 103 Å². The summed E-state index contributed by atoms with van der Waals surface area (Å²) >= 11 is 0. The van der Waals surface area contributed by atoms with Crippen LogP contribution in [0.1, 0.15) is 25.0 Å². The van der Waals surface area contributed by atoms with Gasteiger partial charge in [0.2, 0.25) is 0 Å².